The van der Waals surface area contributed by atoms with E-state index in [0.29, 0.717) is 11.1 Å². The molecule has 1 fully saturated rings. The monoisotopic (exact) mass is 1200 g/mol. The summed E-state index contributed by atoms with van der Waals surface area (Å²) in [6, 6.07) is 0. The summed E-state index contributed by atoms with van der Waals surface area (Å²) >= 11 is 0. The third-order valence-corrected chi connectivity index (χ3v) is 27.5. The standard InChI is InChI=1S/C80H46O12/c1-68(2,3)83-88-73-56-46-36-26-21-16-17-19-20-18(16)23-29-27(21)37(36)47-49-39(29)42-32(23)34-25(20)35-33-24(19)31-30-22(17)28(26)38-40(30)50-51-41(31)43(33)53-55-45(35)44(34)54-52(42)62-59(49)74(57(47)56,89-84-69(4,5)6)67-66(73)78(92-87-72(13,14)15)75(81,60(50)58(73)48(38)46)61(51)63(53)77(91-86-71(10,11)12)65(55)64(54)76(62,90-85-70(7,8)9)79(67)80(77,78)82-79/h81H,1-15H3/t73-,74+,75-,76+,77-,78-,79+,80+/m1/s1. The highest BCUT2D eigenvalue weighted by molar-refractivity contribution is 6.77. The SMILES string of the molecule is CC(C)(C)OO[C@]12C3=C4[C@]5(OOC(C)(C)C)c6c1c1c7c2c2c8c9c%10c%11c%12c%13c%14c%15c%16c%17c(c5c5c6c6c1c1c%18c7c8c7c8c9c%12c9c%12c%13c%16c%13c%16c%17c5c5c6c1c1c(c%187)c(c89)c(c%13%12)c1c5%16)[C@@]%15(OOC(C)(C)C)[C@@]41O[C@@]1([C@@]%11%14OOC(C)(C)C)[C@]3(OOC(C)(C)C)[C@@]2%10O. The molecule has 0 bridgehead atoms. The minimum absolute atomic E-state index is 0.609. The Labute approximate surface area is 515 Å². The van der Waals surface area contributed by atoms with Crippen molar-refractivity contribution in [2.45, 2.75) is 177 Å². The highest BCUT2D eigenvalue weighted by atomic mass is 17.2. The second-order valence-corrected chi connectivity index (χ2v) is 36.5. The fourth-order valence-electron chi connectivity index (χ4n) is 27.2. The van der Waals surface area contributed by atoms with E-state index in [4.69, 9.17) is 53.6 Å². The summed E-state index contributed by atoms with van der Waals surface area (Å²) in [6.45, 7) is 30.9. The van der Waals surface area contributed by atoms with Gasteiger partial charge in [-0.15, -0.1) is 0 Å². The van der Waals surface area contributed by atoms with Crippen molar-refractivity contribution in [3.63, 3.8) is 0 Å². The lowest BCUT2D eigenvalue weighted by molar-refractivity contribution is -0.475. The van der Waals surface area contributed by atoms with Crippen LogP contribution in [0.15, 0.2) is 11.1 Å². The van der Waals surface area contributed by atoms with Gasteiger partial charge in [-0.1, -0.05) is 0 Å². The van der Waals surface area contributed by atoms with Crippen LogP contribution in [0.3, 0.4) is 0 Å². The minimum Gasteiger partial charge on any atom is -0.377 e. The van der Waals surface area contributed by atoms with Crippen molar-refractivity contribution in [1.82, 2.24) is 0 Å². The molecule has 12 aliphatic rings. The number of ether oxygens (including phenoxy) is 1. The van der Waals surface area contributed by atoms with Crippen LogP contribution in [0.4, 0.5) is 0 Å². The quantitative estimate of drug-likeness (QED) is 0.0461. The lowest BCUT2D eigenvalue weighted by Crippen LogP contribution is -2.78. The molecular weight excluding hydrogens is 1150 g/mol. The van der Waals surface area contributed by atoms with Crippen LogP contribution in [-0.2, 0) is 81.6 Å². The van der Waals surface area contributed by atoms with Gasteiger partial charge in [-0.2, -0.15) is 0 Å². The van der Waals surface area contributed by atoms with E-state index in [0.717, 1.165) is 109 Å². The van der Waals surface area contributed by atoms with E-state index >= 15 is 5.11 Å². The zero-order valence-electron chi connectivity index (χ0n) is 52.4. The molecule has 11 aliphatic carbocycles. The molecule has 12 nitrogen and oxygen atoms in total. The molecule has 21 aromatic rings. The lowest BCUT2D eigenvalue weighted by Gasteiger charge is -2.62. The van der Waals surface area contributed by atoms with E-state index in [1.54, 1.807) is 0 Å². The van der Waals surface area contributed by atoms with Gasteiger partial charge in [0.15, 0.2) is 39.2 Å². The van der Waals surface area contributed by atoms with Crippen LogP contribution < -0.4 is 0 Å². The Morgan fingerprint density at radius 1 is 0.239 bits per heavy atom. The molecule has 0 aromatic heterocycles. The van der Waals surface area contributed by atoms with Crippen LogP contribution in [0.5, 0.6) is 0 Å². The third kappa shape index (κ3) is 2.80. The molecule has 438 valence electrons. The molecule has 1 N–H and O–H groups in total. The first-order valence-corrected chi connectivity index (χ1v) is 33.5. The highest BCUT2D eigenvalue weighted by Crippen LogP contribution is 3.00. The van der Waals surface area contributed by atoms with Crippen LogP contribution in [0.2, 0.25) is 0 Å². The van der Waals surface area contributed by atoms with Crippen molar-refractivity contribution in [1.29, 1.82) is 0 Å². The van der Waals surface area contributed by atoms with Crippen LogP contribution in [0.1, 0.15) is 159 Å². The van der Waals surface area contributed by atoms with E-state index in [1.165, 1.54) is 162 Å². The van der Waals surface area contributed by atoms with Crippen molar-refractivity contribution in [2.24, 2.45) is 0 Å². The Hall–Kier alpha value is -7.24. The van der Waals surface area contributed by atoms with Gasteiger partial charge in [-0.05, 0) is 319 Å². The van der Waals surface area contributed by atoms with Crippen LogP contribution in [0.25, 0.3) is 215 Å². The van der Waals surface area contributed by atoms with Gasteiger partial charge in [0, 0.05) is 66.8 Å². The van der Waals surface area contributed by atoms with Gasteiger partial charge in [0.1, 0.15) is 0 Å². The molecule has 1 aliphatic heterocycles. The molecule has 0 radical (unpaired) electrons. The number of hydrogen-bond donors (Lipinski definition) is 1. The Balaban J connectivity index is 1.04. The van der Waals surface area contributed by atoms with E-state index in [1.807, 2.05) is 20.8 Å². The Morgan fingerprint density at radius 3 is 0.804 bits per heavy atom. The largest absolute Gasteiger partial charge is 0.377 e. The normalized spacial score (nSPS) is 32.0. The van der Waals surface area contributed by atoms with Gasteiger partial charge in [-0.25, -0.2) is 48.9 Å². The second kappa shape index (κ2) is 10.1. The van der Waals surface area contributed by atoms with Crippen molar-refractivity contribution >= 4 is 215 Å². The molecule has 92 heavy (non-hydrogen) atoms. The fourth-order valence-corrected chi connectivity index (χ4v) is 27.2. The van der Waals surface area contributed by atoms with Crippen molar-refractivity contribution < 1.29 is 58.7 Å². The zero-order chi connectivity index (χ0) is 60.3. The van der Waals surface area contributed by atoms with Gasteiger partial charge < -0.3 is 9.84 Å². The maximum Gasteiger partial charge on any atom is 0.201 e. The summed E-state index contributed by atoms with van der Waals surface area (Å²) in [6.07, 6.45) is 0. The average molecular weight is 1200 g/mol. The van der Waals surface area contributed by atoms with Crippen molar-refractivity contribution in [2.75, 3.05) is 0 Å². The summed E-state index contributed by atoms with van der Waals surface area (Å²) in [5.74, 6) is 0. The number of benzene rings is 15. The first kappa shape index (κ1) is 44.4. The summed E-state index contributed by atoms with van der Waals surface area (Å²) in [5, 5.41) is 67.9. The smallest absolute Gasteiger partial charge is 0.201 e. The second-order valence-electron chi connectivity index (χ2n) is 36.5. The van der Waals surface area contributed by atoms with Gasteiger partial charge in [-0.3, -0.25) is 0 Å². The Bertz CT molecular complexity index is 7580. The van der Waals surface area contributed by atoms with Crippen LogP contribution in [0, 0.1) is 0 Å². The number of epoxide rings is 1. The van der Waals surface area contributed by atoms with E-state index in [9.17, 15) is 0 Å². The number of hydrogen-bond acceptors (Lipinski definition) is 12. The molecule has 21 aromatic carbocycles. The number of rotatable bonds is 10. The van der Waals surface area contributed by atoms with E-state index in [2.05, 4.69) is 83.1 Å². The zero-order valence-corrected chi connectivity index (χ0v) is 52.4. The maximum atomic E-state index is 17.1. The number of aliphatic hydroxyl groups is 1. The molecule has 1 saturated heterocycles. The maximum absolute atomic E-state index is 17.1. The van der Waals surface area contributed by atoms with Crippen LogP contribution >= 0.6 is 0 Å². The Morgan fingerprint density at radius 2 is 0.457 bits per heavy atom. The first-order valence-electron chi connectivity index (χ1n) is 33.5. The molecule has 0 amide bonds. The summed E-state index contributed by atoms with van der Waals surface area (Å²) in [4.78, 5) is 78.8. The molecule has 8 atom stereocenters. The molecule has 2 spiro atoms. The lowest BCUT2D eigenvalue weighted by atomic mass is 9.45. The topological polar surface area (TPSA) is 125 Å². The Kier molecular flexibility index (Phi) is 4.90. The molecular formula is C80H46O12. The third-order valence-electron chi connectivity index (χ3n) is 27.5. The van der Waals surface area contributed by atoms with Gasteiger partial charge in [0.25, 0.3) is 0 Å². The van der Waals surface area contributed by atoms with Crippen molar-refractivity contribution in [3.05, 3.63) is 66.8 Å². The summed E-state index contributed by atoms with van der Waals surface area (Å²) in [7, 11) is 0. The minimum atomic E-state index is -2.20. The molecule has 0 unspecified atom stereocenters. The molecule has 1 heterocycles. The molecule has 0 saturated carbocycles. The summed E-state index contributed by atoms with van der Waals surface area (Å²) in [5.41, 5.74) is -9.20. The predicted octanol–water partition coefficient (Wildman–Crippen LogP) is 17.8. The first-order chi connectivity index (χ1) is 43.7. The highest BCUT2D eigenvalue weighted by Gasteiger charge is 3.11. The molecule has 12 heteroatoms. The van der Waals surface area contributed by atoms with Gasteiger partial charge in [0.2, 0.25) is 5.60 Å². The van der Waals surface area contributed by atoms with Gasteiger partial charge in [0.05, 0.1) is 28.0 Å². The summed E-state index contributed by atoms with van der Waals surface area (Å²) < 4.78 is 9.02. The van der Waals surface area contributed by atoms with E-state index < -0.39 is 72.8 Å². The van der Waals surface area contributed by atoms with Crippen molar-refractivity contribution in [3.8, 4) is 0 Å². The van der Waals surface area contributed by atoms with E-state index in [-0.39, 0.29) is 0 Å². The fraction of sp³-hybridized carbons (Fsp3) is 0.350. The van der Waals surface area contributed by atoms with Gasteiger partial charge >= 0.3 is 0 Å². The van der Waals surface area contributed by atoms with Crippen LogP contribution in [-0.4, -0.2) is 49.9 Å². The predicted molar refractivity (Wildman–Crippen MR) is 350 cm³/mol. The average Bonchev–Trinajstić information content (AvgIpc) is 1.34. The molecule has 33 rings (SSSR count).